The Morgan fingerprint density at radius 1 is 1.35 bits per heavy atom. The predicted octanol–water partition coefficient (Wildman–Crippen LogP) is 1.09. The smallest absolute Gasteiger partial charge is 0.324 e. The minimum Gasteiger partial charge on any atom is -0.378 e. The molecule has 1 N–H and O–H groups in total. The molecule has 0 unspecified atom stereocenters. The van der Waals surface area contributed by atoms with Gasteiger partial charge >= 0.3 is 6.01 Å². The highest BCUT2D eigenvalue weighted by atomic mass is 32.2. The highest BCUT2D eigenvalue weighted by molar-refractivity contribution is 8.00. The highest BCUT2D eigenvalue weighted by Gasteiger charge is 2.17. The van der Waals surface area contributed by atoms with Crippen LogP contribution in [-0.2, 0) is 10.5 Å². The first-order chi connectivity index (χ1) is 9.85. The van der Waals surface area contributed by atoms with Crippen LogP contribution in [0.5, 0.6) is 0 Å². The minimum atomic E-state index is 0.567. The number of thioether (sulfide) groups is 1. The zero-order valence-corrected chi connectivity index (χ0v) is 12.5. The Bertz CT molecular complexity index is 553. The van der Waals surface area contributed by atoms with E-state index < -0.39 is 0 Å². The Morgan fingerprint density at radius 3 is 2.95 bits per heavy atom. The number of morpholine rings is 1. The Balaban J connectivity index is 1.56. The normalized spacial score (nSPS) is 15.6. The van der Waals surface area contributed by atoms with Crippen molar-refractivity contribution in [3.05, 3.63) is 5.82 Å². The fourth-order valence-electron chi connectivity index (χ4n) is 1.68. The molecule has 3 rings (SSSR count). The predicted molar refractivity (Wildman–Crippen MR) is 76.3 cm³/mol. The van der Waals surface area contributed by atoms with Crippen LogP contribution in [0.15, 0.2) is 8.86 Å². The second kappa shape index (κ2) is 6.37. The van der Waals surface area contributed by atoms with Crippen molar-refractivity contribution in [2.24, 2.45) is 0 Å². The maximum atomic E-state index is 5.29. The van der Waals surface area contributed by atoms with Gasteiger partial charge in [0.1, 0.15) is 0 Å². The zero-order valence-electron chi connectivity index (χ0n) is 10.9. The van der Waals surface area contributed by atoms with Crippen LogP contribution in [0.2, 0.25) is 0 Å². The van der Waals surface area contributed by atoms with Crippen molar-refractivity contribution in [1.29, 1.82) is 0 Å². The van der Waals surface area contributed by atoms with Crippen LogP contribution in [-0.4, -0.2) is 53.7 Å². The van der Waals surface area contributed by atoms with E-state index in [0.717, 1.165) is 22.6 Å². The fourth-order valence-corrected chi connectivity index (χ4v) is 3.23. The van der Waals surface area contributed by atoms with Gasteiger partial charge in [0.2, 0.25) is 5.13 Å². The summed E-state index contributed by atoms with van der Waals surface area (Å²) in [6.45, 7) is 2.97. The second-order valence-electron chi connectivity index (χ2n) is 4.00. The molecule has 1 fully saturated rings. The summed E-state index contributed by atoms with van der Waals surface area (Å²) in [6.07, 6.45) is 0. The summed E-state index contributed by atoms with van der Waals surface area (Å²) in [6, 6.07) is 0.567. The molecule has 0 spiro atoms. The number of hydrogen-bond acceptors (Lipinski definition) is 10. The number of ether oxygens (including phenoxy) is 1. The quantitative estimate of drug-likeness (QED) is 0.814. The van der Waals surface area contributed by atoms with Gasteiger partial charge in [0, 0.05) is 20.1 Å². The number of rotatable bonds is 5. The van der Waals surface area contributed by atoms with E-state index in [1.165, 1.54) is 11.3 Å². The molecular formula is C10H14N6O2S2. The van der Waals surface area contributed by atoms with Crippen molar-refractivity contribution in [3.8, 4) is 0 Å². The summed E-state index contributed by atoms with van der Waals surface area (Å²) in [5.74, 6) is 1.28. The van der Waals surface area contributed by atoms with Gasteiger partial charge in [-0.2, -0.15) is 4.98 Å². The Morgan fingerprint density at radius 2 is 2.20 bits per heavy atom. The lowest BCUT2D eigenvalue weighted by Crippen LogP contribution is -2.36. The number of nitrogens with one attached hydrogen (secondary N) is 1. The maximum absolute atomic E-state index is 5.29. The van der Waals surface area contributed by atoms with E-state index in [4.69, 9.17) is 9.26 Å². The standard InChI is InChI=1S/C10H14N6O2S2/c1-11-8-13-14-10(20-8)19-6-7-12-9(18-15-7)16-2-4-17-5-3-16/h2-6H2,1H3,(H,11,13). The Kier molecular flexibility index (Phi) is 4.33. The first kappa shape index (κ1) is 13.6. The van der Waals surface area contributed by atoms with Crippen LogP contribution >= 0.6 is 23.1 Å². The molecule has 0 amide bonds. The number of nitrogens with zero attached hydrogens (tertiary/aromatic N) is 5. The first-order valence-electron chi connectivity index (χ1n) is 6.14. The van der Waals surface area contributed by atoms with E-state index in [9.17, 15) is 0 Å². The van der Waals surface area contributed by atoms with Crippen LogP contribution in [0.25, 0.3) is 0 Å². The third-order valence-corrected chi connectivity index (χ3v) is 4.75. The summed E-state index contributed by atoms with van der Waals surface area (Å²) < 4.78 is 11.4. The van der Waals surface area contributed by atoms with Crippen LogP contribution in [0, 0.1) is 0 Å². The molecular weight excluding hydrogens is 300 g/mol. The van der Waals surface area contributed by atoms with Crippen molar-refractivity contribution >= 4 is 34.2 Å². The molecule has 108 valence electrons. The molecule has 10 heteroatoms. The molecule has 8 nitrogen and oxygen atoms in total. The molecule has 3 heterocycles. The van der Waals surface area contributed by atoms with Crippen molar-refractivity contribution in [2.45, 2.75) is 10.1 Å². The lowest BCUT2D eigenvalue weighted by Gasteiger charge is -2.24. The highest BCUT2D eigenvalue weighted by Crippen LogP contribution is 2.27. The molecule has 0 aromatic carbocycles. The maximum Gasteiger partial charge on any atom is 0.324 e. The van der Waals surface area contributed by atoms with E-state index in [0.29, 0.717) is 30.8 Å². The van der Waals surface area contributed by atoms with Gasteiger partial charge in [-0.1, -0.05) is 28.3 Å². The molecule has 1 aliphatic rings. The largest absolute Gasteiger partial charge is 0.378 e. The van der Waals surface area contributed by atoms with Gasteiger partial charge in [0.05, 0.1) is 19.0 Å². The summed E-state index contributed by atoms with van der Waals surface area (Å²) >= 11 is 3.05. The third kappa shape index (κ3) is 3.19. The van der Waals surface area contributed by atoms with Gasteiger partial charge in [0.25, 0.3) is 0 Å². The van der Waals surface area contributed by atoms with Gasteiger partial charge < -0.3 is 19.5 Å². The van der Waals surface area contributed by atoms with Crippen molar-refractivity contribution in [2.75, 3.05) is 43.6 Å². The molecule has 2 aromatic rings. The van der Waals surface area contributed by atoms with Crippen molar-refractivity contribution < 1.29 is 9.26 Å². The lowest BCUT2D eigenvalue weighted by atomic mass is 10.4. The number of aromatic nitrogens is 4. The molecule has 0 radical (unpaired) electrons. The number of anilines is 2. The zero-order chi connectivity index (χ0) is 13.8. The van der Waals surface area contributed by atoms with Gasteiger partial charge in [0.15, 0.2) is 10.2 Å². The lowest BCUT2D eigenvalue weighted by molar-refractivity contribution is 0.119. The Labute approximate surface area is 123 Å². The molecule has 0 bridgehead atoms. The second-order valence-corrected chi connectivity index (χ2v) is 6.20. The monoisotopic (exact) mass is 314 g/mol. The fraction of sp³-hybridized carbons (Fsp3) is 0.600. The molecule has 1 aliphatic heterocycles. The van der Waals surface area contributed by atoms with E-state index >= 15 is 0 Å². The van der Waals surface area contributed by atoms with Gasteiger partial charge in [-0.15, -0.1) is 10.2 Å². The number of hydrogen-bond donors (Lipinski definition) is 1. The average Bonchev–Trinajstić information content (AvgIpc) is 3.15. The summed E-state index contributed by atoms with van der Waals surface area (Å²) in [5, 5.41) is 15.8. The molecule has 0 saturated carbocycles. The van der Waals surface area contributed by atoms with E-state index in [2.05, 4.69) is 25.7 Å². The minimum absolute atomic E-state index is 0.567. The molecule has 1 saturated heterocycles. The van der Waals surface area contributed by atoms with Crippen LogP contribution in [0.3, 0.4) is 0 Å². The van der Waals surface area contributed by atoms with Crippen LogP contribution in [0.4, 0.5) is 11.1 Å². The van der Waals surface area contributed by atoms with E-state index in [-0.39, 0.29) is 0 Å². The van der Waals surface area contributed by atoms with Gasteiger partial charge in [-0.3, -0.25) is 0 Å². The third-order valence-electron chi connectivity index (χ3n) is 2.68. The molecule has 20 heavy (non-hydrogen) atoms. The van der Waals surface area contributed by atoms with E-state index in [1.807, 2.05) is 11.9 Å². The molecule has 2 aromatic heterocycles. The first-order valence-corrected chi connectivity index (χ1v) is 7.94. The van der Waals surface area contributed by atoms with Crippen molar-refractivity contribution in [3.63, 3.8) is 0 Å². The topological polar surface area (TPSA) is 89.2 Å². The SMILES string of the molecule is CNc1nnc(SCc2noc(N3CCOCC3)n2)s1. The summed E-state index contributed by atoms with van der Waals surface area (Å²) in [5.41, 5.74) is 0. The van der Waals surface area contributed by atoms with Crippen molar-refractivity contribution in [1.82, 2.24) is 20.3 Å². The van der Waals surface area contributed by atoms with Gasteiger partial charge in [-0.25, -0.2) is 0 Å². The van der Waals surface area contributed by atoms with Gasteiger partial charge in [-0.05, 0) is 0 Å². The van der Waals surface area contributed by atoms with Crippen LogP contribution < -0.4 is 10.2 Å². The Hall–Kier alpha value is -1.39. The van der Waals surface area contributed by atoms with E-state index in [1.54, 1.807) is 11.8 Å². The average molecular weight is 314 g/mol. The molecule has 0 atom stereocenters. The summed E-state index contributed by atoms with van der Waals surface area (Å²) in [4.78, 5) is 6.42. The summed E-state index contributed by atoms with van der Waals surface area (Å²) in [7, 11) is 1.82. The van der Waals surface area contributed by atoms with Crippen LogP contribution in [0.1, 0.15) is 5.82 Å². The molecule has 0 aliphatic carbocycles.